The van der Waals surface area contributed by atoms with Gasteiger partial charge in [0, 0.05) is 31.3 Å². The average molecular weight is 665 g/mol. The highest BCUT2D eigenvalue weighted by molar-refractivity contribution is 7.89. The predicted octanol–water partition coefficient (Wildman–Crippen LogP) is 0.668. The van der Waals surface area contributed by atoms with Crippen molar-refractivity contribution < 1.29 is 43.2 Å². The molecule has 0 aromatic heterocycles. The van der Waals surface area contributed by atoms with Gasteiger partial charge in [-0.15, -0.1) is 0 Å². The van der Waals surface area contributed by atoms with Crippen molar-refractivity contribution in [3.05, 3.63) is 69.5 Å². The molecule has 7 N–H and O–H groups in total. The Kier molecular flexibility index (Phi) is 8.48. The monoisotopic (exact) mass is 664 g/mol. The van der Waals surface area contributed by atoms with Crippen molar-refractivity contribution in [2.45, 2.75) is 36.3 Å². The molecule has 0 saturated heterocycles. The van der Waals surface area contributed by atoms with Crippen molar-refractivity contribution in [3.63, 3.8) is 0 Å². The number of fused-ring (bicyclic) bond motifs is 3. The zero-order chi connectivity index (χ0) is 34.7. The van der Waals surface area contributed by atoms with Crippen LogP contribution < -0.4 is 15.4 Å². The van der Waals surface area contributed by atoms with Gasteiger partial charge in [-0.25, -0.2) is 8.42 Å². The minimum atomic E-state index is -3.86. The molecular weight excluding hydrogens is 628 g/mol. The average Bonchev–Trinajstić information content (AvgIpc) is 2.97. The zero-order valence-corrected chi connectivity index (χ0v) is 27.3. The van der Waals surface area contributed by atoms with Crippen LogP contribution in [0.25, 0.3) is 5.76 Å². The molecule has 0 aliphatic heterocycles. The number of rotatable bonds is 6. The van der Waals surface area contributed by atoms with E-state index in [0.717, 1.165) is 5.56 Å². The summed E-state index contributed by atoms with van der Waals surface area (Å²) in [7, 11) is 2.68. The molecule has 2 aromatic rings. The van der Waals surface area contributed by atoms with Crippen LogP contribution in [0.2, 0.25) is 0 Å². The lowest BCUT2D eigenvalue weighted by atomic mass is 9.57. The number of phenols is 1. The molecule has 0 spiro atoms. The number of carbonyl (C=O) groups is 3. The van der Waals surface area contributed by atoms with E-state index in [4.69, 9.17) is 5.73 Å². The minimum absolute atomic E-state index is 0.0297. The molecule has 0 bridgehead atoms. The Balaban J connectivity index is 1.59. The highest BCUT2D eigenvalue weighted by Gasteiger charge is 2.64. The maximum atomic E-state index is 14.1. The van der Waals surface area contributed by atoms with Gasteiger partial charge in [-0.2, -0.15) is 4.72 Å². The van der Waals surface area contributed by atoms with E-state index in [1.54, 1.807) is 37.2 Å². The lowest BCUT2D eigenvalue weighted by molar-refractivity contribution is -0.153. The van der Waals surface area contributed by atoms with Crippen LogP contribution in [-0.2, 0) is 30.8 Å². The van der Waals surface area contributed by atoms with Crippen molar-refractivity contribution in [1.82, 2.24) is 9.62 Å². The van der Waals surface area contributed by atoms with Crippen LogP contribution >= 0.6 is 0 Å². The predicted molar refractivity (Wildman–Crippen MR) is 172 cm³/mol. The van der Waals surface area contributed by atoms with Gasteiger partial charge in [-0.05, 0) is 63.5 Å². The fourth-order valence-corrected chi connectivity index (χ4v) is 7.78. The number of aliphatic hydroxyl groups excluding tert-OH is 2. The lowest BCUT2D eigenvalue weighted by Crippen LogP contribution is -2.65. The van der Waals surface area contributed by atoms with E-state index in [9.17, 15) is 43.2 Å². The van der Waals surface area contributed by atoms with Crippen LogP contribution in [0.1, 0.15) is 28.7 Å². The zero-order valence-electron chi connectivity index (χ0n) is 26.5. The number of anilines is 1. The molecule has 47 heavy (non-hydrogen) atoms. The molecule has 13 nitrogen and oxygen atoms in total. The van der Waals surface area contributed by atoms with Crippen LogP contribution in [0, 0.1) is 30.6 Å². The topological polar surface area (TPSA) is 211 Å². The van der Waals surface area contributed by atoms with Crippen molar-refractivity contribution in [1.29, 1.82) is 0 Å². The number of phenolic OH excluding ortho intramolecular Hbond substituents is 1. The van der Waals surface area contributed by atoms with E-state index in [1.807, 2.05) is 6.92 Å². The first-order valence-corrected chi connectivity index (χ1v) is 16.2. The van der Waals surface area contributed by atoms with Crippen LogP contribution in [0.4, 0.5) is 5.69 Å². The molecule has 4 atom stereocenters. The van der Waals surface area contributed by atoms with Gasteiger partial charge in [0.2, 0.25) is 15.8 Å². The number of aliphatic hydroxyl groups is 3. The molecule has 0 radical (unpaired) electrons. The van der Waals surface area contributed by atoms with Gasteiger partial charge in [0.1, 0.15) is 22.8 Å². The van der Waals surface area contributed by atoms with Crippen LogP contribution in [0.15, 0.2) is 52.1 Å². The molecule has 1 amide bonds. The minimum Gasteiger partial charge on any atom is -0.508 e. The Morgan fingerprint density at radius 3 is 2.32 bits per heavy atom. The number of nitrogens with two attached hydrogens (primary N) is 1. The molecule has 2 aromatic carbocycles. The standard InChI is InChI=1S/C33H36N4O9S/c1-16-8-10-19(11-9-16)47(45,46)35-12-6-7-17-15-22(36(2)3)20-13-18-14-21-26(37(4)5)29(40)25(32(34)43)31(42)33(21,44)30(41)23(18)28(39)24(20)27(17)38/h8-11,15,18,21,26,35,38-39,42,44H,12-14H2,1-5H3,(H2,34,43)/t18?,21?,26-,33-/m0/s1. The summed E-state index contributed by atoms with van der Waals surface area (Å²) in [6, 6.07) is 6.66. The highest BCUT2D eigenvalue weighted by atomic mass is 32.2. The number of hydrogen-bond donors (Lipinski definition) is 6. The SMILES string of the molecule is Cc1ccc(S(=O)(=O)NCC#Cc2cc(N(C)C)c3c(c2O)C(O)=C2C(=O)[C@]4(O)C(O)=C(C(N)=O)C(=O)[C@@H](N(C)C)C4CC2C3)cc1. The number of Topliss-reactive ketones (excluding diaryl/α,β-unsaturated/α-hetero) is 2. The molecule has 3 aliphatic rings. The molecule has 1 saturated carbocycles. The lowest BCUT2D eigenvalue weighted by Gasteiger charge is -2.50. The number of amides is 1. The summed E-state index contributed by atoms with van der Waals surface area (Å²) in [6.07, 6.45) is 0.0712. The summed E-state index contributed by atoms with van der Waals surface area (Å²) < 4.78 is 27.7. The summed E-state index contributed by atoms with van der Waals surface area (Å²) >= 11 is 0. The number of ketones is 2. The van der Waals surface area contributed by atoms with Crippen molar-refractivity contribution >= 4 is 38.9 Å². The Bertz CT molecular complexity index is 1950. The van der Waals surface area contributed by atoms with Gasteiger partial charge >= 0.3 is 0 Å². The first kappa shape index (κ1) is 33.7. The van der Waals surface area contributed by atoms with E-state index < -0.39 is 73.8 Å². The third kappa shape index (κ3) is 5.35. The van der Waals surface area contributed by atoms with E-state index in [0.29, 0.717) is 11.3 Å². The summed E-state index contributed by atoms with van der Waals surface area (Å²) in [6.45, 7) is 1.53. The van der Waals surface area contributed by atoms with Gasteiger partial charge in [0.25, 0.3) is 5.91 Å². The Morgan fingerprint density at radius 2 is 1.74 bits per heavy atom. The highest BCUT2D eigenvalue weighted by Crippen LogP contribution is 2.54. The van der Waals surface area contributed by atoms with Crippen LogP contribution in [0.5, 0.6) is 5.75 Å². The molecule has 14 heteroatoms. The summed E-state index contributed by atoms with van der Waals surface area (Å²) in [4.78, 5) is 42.8. The number of aromatic hydroxyl groups is 1. The van der Waals surface area contributed by atoms with E-state index in [2.05, 4.69) is 16.6 Å². The number of primary amides is 1. The van der Waals surface area contributed by atoms with Gasteiger partial charge in [0.15, 0.2) is 11.4 Å². The number of nitrogens with one attached hydrogen (secondary N) is 1. The molecule has 0 heterocycles. The van der Waals surface area contributed by atoms with Crippen molar-refractivity contribution in [2.75, 3.05) is 39.6 Å². The van der Waals surface area contributed by atoms with Gasteiger partial charge in [-0.1, -0.05) is 29.5 Å². The number of nitrogens with zero attached hydrogens (tertiary/aromatic N) is 2. The quantitative estimate of drug-likeness (QED) is 0.187. The molecular formula is C33H36N4O9S. The van der Waals surface area contributed by atoms with E-state index in [1.165, 1.54) is 31.1 Å². The third-order valence-electron chi connectivity index (χ3n) is 9.08. The maximum absolute atomic E-state index is 14.1. The first-order valence-electron chi connectivity index (χ1n) is 14.7. The number of carbonyl (C=O) groups excluding carboxylic acids is 3. The van der Waals surface area contributed by atoms with Crippen molar-refractivity contribution in [2.24, 2.45) is 17.6 Å². The molecule has 2 unspecified atom stereocenters. The van der Waals surface area contributed by atoms with Crippen LogP contribution in [0.3, 0.4) is 0 Å². The largest absolute Gasteiger partial charge is 0.508 e. The second kappa shape index (κ2) is 11.8. The fourth-order valence-electron chi connectivity index (χ4n) is 6.86. The second-order valence-corrected chi connectivity index (χ2v) is 14.2. The molecule has 1 fully saturated rings. The number of likely N-dealkylation sites (N-methyl/N-ethyl adjacent to an activating group) is 1. The Labute approximate surface area is 272 Å². The summed E-state index contributed by atoms with van der Waals surface area (Å²) in [5, 5.41) is 45.8. The molecule has 5 rings (SSSR count). The van der Waals surface area contributed by atoms with Gasteiger partial charge < -0.3 is 31.1 Å². The van der Waals surface area contributed by atoms with E-state index >= 15 is 0 Å². The number of aryl methyl sites for hydroxylation is 1. The van der Waals surface area contributed by atoms with E-state index in [-0.39, 0.29) is 41.0 Å². The van der Waals surface area contributed by atoms with Gasteiger partial charge in [0.05, 0.1) is 28.6 Å². The maximum Gasteiger partial charge on any atom is 0.255 e. The summed E-state index contributed by atoms with van der Waals surface area (Å²) in [5.41, 5.74) is 3.29. The number of benzene rings is 2. The number of hydrogen-bond acceptors (Lipinski definition) is 11. The van der Waals surface area contributed by atoms with Gasteiger partial charge in [-0.3, -0.25) is 19.3 Å². The third-order valence-corrected chi connectivity index (χ3v) is 10.5. The normalized spacial score (nSPS) is 23.9. The van der Waals surface area contributed by atoms with Crippen molar-refractivity contribution in [3.8, 4) is 17.6 Å². The molecule has 3 aliphatic carbocycles. The number of sulfonamides is 1. The Hall–Kier alpha value is -4.68. The van der Waals surface area contributed by atoms with Crippen LogP contribution in [-0.4, -0.2) is 97.6 Å². The first-order chi connectivity index (χ1) is 21.9. The fraction of sp³-hybridized carbons (Fsp3) is 0.364. The smallest absolute Gasteiger partial charge is 0.255 e. The summed E-state index contributed by atoms with van der Waals surface area (Å²) in [5.74, 6) is -2.07. The Morgan fingerprint density at radius 1 is 1.11 bits per heavy atom. The molecule has 248 valence electrons. The second-order valence-electron chi connectivity index (χ2n) is 12.4.